The number of aliphatic hydroxyl groups is 1. The summed E-state index contributed by atoms with van der Waals surface area (Å²) in [4.78, 5) is 16.7. The maximum absolute atomic E-state index is 14.2. The molecule has 6 rings (SSSR count). The van der Waals surface area contributed by atoms with Crippen molar-refractivity contribution in [2.24, 2.45) is 40.4 Å². The number of rotatable bonds is 3. The van der Waals surface area contributed by atoms with E-state index in [1.54, 1.807) is 0 Å². The summed E-state index contributed by atoms with van der Waals surface area (Å²) in [6.45, 7) is 13.0. The molecule has 198 valence electrons. The molecule has 6 fully saturated rings. The number of ether oxygens (including phenoxy) is 3. The van der Waals surface area contributed by atoms with Gasteiger partial charge in [-0.2, -0.15) is 0 Å². The van der Waals surface area contributed by atoms with Crippen LogP contribution in [0.4, 0.5) is 0 Å². The molecule has 10 atom stereocenters. The average molecular weight is 490 g/mol. The standard InChI is InChI=1S/C29H47NO5/c1-5-19-17-30(10-11-33-19)22-15-27(2)18(14-23(22)31)6-7-20-21-8-9-25(29(4)34-12-13-35-29)28(21,3)16-24(32)26(20)27/h18-23,25-26,31H,5-17H2,1-4H3/t18-,19+,20-,21-,22-,23-,25-,26+,27-,28-/m0/s1. The number of ketones is 1. The summed E-state index contributed by atoms with van der Waals surface area (Å²) >= 11 is 0. The zero-order valence-corrected chi connectivity index (χ0v) is 22.3. The predicted molar refractivity (Wildman–Crippen MR) is 133 cm³/mol. The Morgan fingerprint density at radius 1 is 1.03 bits per heavy atom. The maximum atomic E-state index is 14.2. The lowest BCUT2D eigenvalue weighted by Crippen LogP contribution is -2.63. The first-order valence-electron chi connectivity index (χ1n) is 14.5. The van der Waals surface area contributed by atoms with Gasteiger partial charge >= 0.3 is 0 Å². The minimum Gasteiger partial charge on any atom is -0.391 e. The minimum atomic E-state index is -0.538. The van der Waals surface area contributed by atoms with E-state index < -0.39 is 5.79 Å². The van der Waals surface area contributed by atoms with Crippen LogP contribution in [0, 0.1) is 40.4 Å². The third-order valence-corrected chi connectivity index (χ3v) is 12.0. The number of fused-ring (bicyclic) bond motifs is 5. The van der Waals surface area contributed by atoms with E-state index in [9.17, 15) is 9.90 Å². The van der Waals surface area contributed by atoms with Gasteiger partial charge in [-0.1, -0.05) is 20.8 Å². The number of hydrogen-bond acceptors (Lipinski definition) is 6. The fourth-order valence-corrected chi connectivity index (χ4v) is 10.4. The van der Waals surface area contributed by atoms with Gasteiger partial charge in [0, 0.05) is 37.4 Å². The first kappa shape index (κ1) is 24.8. The molecule has 0 aromatic rings. The van der Waals surface area contributed by atoms with Crippen molar-refractivity contribution in [2.75, 3.05) is 32.9 Å². The third kappa shape index (κ3) is 3.71. The van der Waals surface area contributed by atoms with Crippen LogP contribution in [0.3, 0.4) is 0 Å². The average Bonchev–Trinajstić information content (AvgIpc) is 3.42. The van der Waals surface area contributed by atoms with E-state index in [2.05, 4.69) is 32.6 Å². The van der Waals surface area contributed by atoms with Gasteiger partial charge in [0.1, 0.15) is 5.78 Å². The Morgan fingerprint density at radius 2 is 1.80 bits per heavy atom. The smallest absolute Gasteiger partial charge is 0.169 e. The monoisotopic (exact) mass is 489 g/mol. The Kier molecular flexibility index (Phi) is 6.20. The quantitative estimate of drug-likeness (QED) is 0.645. The van der Waals surface area contributed by atoms with Crippen molar-refractivity contribution in [1.82, 2.24) is 4.90 Å². The molecule has 2 saturated heterocycles. The summed E-state index contributed by atoms with van der Waals surface area (Å²) in [5.41, 5.74) is -0.0553. The zero-order chi connectivity index (χ0) is 24.6. The van der Waals surface area contributed by atoms with Gasteiger partial charge in [0.05, 0.1) is 32.0 Å². The number of carbonyl (C=O) groups excluding carboxylic acids is 1. The van der Waals surface area contributed by atoms with Gasteiger partial charge in [0.2, 0.25) is 0 Å². The molecule has 4 saturated carbocycles. The summed E-state index contributed by atoms with van der Waals surface area (Å²) in [6.07, 6.45) is 7.99. The molecule has 0 aromatic carbocycles. The topological polar surface area (TPSA) is 68.2 Å². The number of nitrogens with zero attached hydrogens (tertiary/aromatic N) is 1. The molecule has 0 unspecified atom stereocenters. The SMILES string of the molecule is CC[C@@H]1CN([C@H]2C[C@@]3(C)[C@@H](CC[C@H]4[C@@H]5CC[C@H](C6(C)OCCO6)[C@@]5(C)CC(=O)[C@@H]43)C[C@@H]2O)CCO1. The Morgan fingerprint density at radius 3 is 2.54 bits per heavy atom. The molecule has 0 aromatic heterocycles. The Bertz CT molecular complexity index is 828. The van der Waals surface area contributed by atoms with Crippen molar-refractivity contribution >= 4 is 5.78 Å². The van der Waals surface area contributed by atoms with Gasteiger partial charge in [0.25, 0.3) is 0 Å². The molecule has 1 N–H and O–H groups in total. The van der Waals surface area contributed by atoms with E-state index in [1.165, 1.54) is 6.42 Å². The summed E-state index contributed by atoms with van der Waals surface area (Å²) in [5.74, 6) is 1.84. The van der Waals surface area contributed by atoms with Crippen LogP contribution in [-0.2, 0) is 19.0 Å². The van der Waals surface area contributed by atoms with E-state index in [0.717, 1.165) is 58.2 Å². The lowest BCUT2D eigenvalue weighted by Gasteiger charge is -2.62. The van der Waals surface area contributed by atoms with E-state index >= 15 is 0 Å². The Hall–Kier alpha value is -0.530. The molecule has 4 aliphatic carbocycles. The van der Waals surface area contributed by atoms with Crippen LogP contribution < -0.4 is 0 Å². The van der Waals surface area contributed by atoms with Crippen LogP contribution in [0.1, 0.15) is 79.1 Å². The first-order valence-corrected chi connectivity index (χ1v) is 14.5. The highest BCUT2D eigenvalue weighted by Crippen LogP contribution is 2.68. The molecule has 2 aliphatic heterocycles. The van der Waals surface area contributed by atoms with Gasteiger partial charge < -0.3 is 19.3 Å². The molecule has 6 heteroatoms. The molecule has 0 amide bonds. The molecule has 0 spiro atoms. The van der Waals surface area contributed by atoms with Gasteiger partial charge in [-0.15, -0.1) is 0 Å². The summed E-state index contributed by atoms with van der Waals surface area (Å²) in [5, 5.41) is 11.3. The molecule has 2 heterocycles. The van der Waals surface area contributed by atoms with Crippen molar-refractivity contribution in [3.8, 4) is 0 Å². The largest absolute Gasteiger partial charge is 0.391 e. The Balaban J connectivity index is 1.27. The van der Waals surface area contributed by atoms with Crippen molar-refractivity contribution < 1.29 is 24.1 Å². The normalized spacial score (nSPS) is 52.1. The maximum Gasteiger partial charge on any atom is 0.169 e. The molecular weight excluding hydrogens is 442 g/mol. The van der Waals surface area contributed by atoms with E-state index in [-0.39, 0.29) is 40.9 Å². The lowest BCUT2D eigenvalue weighted by molar-refractivity contribution is -0.218. The van der Waals surface area contributed by atoms with E-state index in [4.69, 9.17) is 14.2 Å². The number of aliphatic hydroxyl groups excluding tert-OH is 1. The van der Waals surface area contributed by atoms with Gasteiger partial charge in [-0.3, -0.25) is 9.69 Å². The second-order valence-electron chi connectivity index (χ2n) is 13.5. The molecule has 0 radical (unpaired) electrons. The van der Waals surface area contributed by atoms with Crippen LogP contribution in [0.5, 0.6) is 0 Å². The van der Waals surface area contributed by atoms with E-state index in [0.29, 0.717) is 43.2 Å². The van der Waals surface area contributed by atoms with Crippen LogP contribution in [0.2, 0.25) is 0 Å². The fraction of sp³-hybridized carbons (Fsp3) is 0.966. The van der Waals surface area contributed by atoms with Crippen molar-refractivity contribution in [3.05, 3.63) is 0 Å². The van der Waals surface area contributed by atoms with Crippen molar-refractivity contribution in [1.29, 1.82) is 0 Å². The highest BCUT2D eigenvalue weighted by atomic mass is 16.7. The number of morpholine rings is 1. The molecule has 6 nitrogen and oxygen atoms in total. The predicted octanol–water partition coefficient (Wildman–Crippen LogP) is 4.04. The molecular formula is C29H47NO5. The van der Waals surface area contributed by atoms with Crippen LogP contribution in [0.15, 0.2) is 0 Å². The second-order valence-corrected chi connectivity index (χ2v) is 13.5. The fourth-order valence-electron chi connectivity index (χ4n) is 10.4. The van der Waals surface area contributed by atoms with Crippen LogP contribution >= 0.6 is 0 Å². The lowest BCUT2D eigenvalue weighted by atomic mass is 9.43. The third-order valence-electron chi connectivity index (χ3n) is 12.0. The van der Waals surface area contributed by atoms with E-state index in [1.807, 2.05) is 0 Å². The van der Waals surface area contributed by atoms with Gasteiger partial charge in [-0.05, 0) is 80.5 Å². The number of hydrogen-bond donors (Lipinski definition) is 1. The van der Waals surface area contributed by atoms with Crippen molar-refractivity contribution in [3.63, 3.8) is 0 Å². The summed E-state index contributed by atoms with van der Waals surface area (Å²) in [7, 11) is 0. The minimum absolute atomic E-state index is 0.0202. The Labute approximate surface area is 211 Å². The van der Waals surface area contributed by atoms with Crippen LogP contribution in [-0.4, -0.2) is 72.7 Å². The highest BCUT2D eigenvalue weighted by molar-refractivity contribution is 5.84. The summed E-state index contributed by atoms with van der Waals surface area (Å²) in [6, 6.07) is 0.143. The van der Waals surface area contributed by atoms with Crippen LogP contribution in [0.25, 0.3) is 0 Å². The van der Waals surface area contributed by atoms with Gasteiger partial charge in [0.15, 0.2) is 5.79 Å². The first-order chi connectivity index (χ1) is 16.7. The highest BCUT2D eigenvalue weighted by Gasteiger charge is 2.67. The number of carbonyl (C=O) groups is 1. The molecule has 0 bridgehead atoms. The molecule has 35 heavy (non-hydrogen) atoms. The zero-order valence-electron chi connectivity index (χ0n) is 22.3. The van der Waals surface area contributed by atoms with Gasteiger partial charge in [-0.25, -0.2) is 0 Å². The second kappa shape index (κ2) is 8.76. The van der Waals surface area contributed by atoms with Crippen molar-refractivity contribution in [2.45, 2.75) is 103 Å². The molecule has 6 aliphatic rings. The summed E-state index contributed by atoms with van der Waals surface area (Å²) < 4.78 is 18.2. The number of Topliss-reactive ketones (excluding diaryl/α,β-unsaturated/α-hetero) is 1.